The molecule has 1 amide bonds. The number of thiocarbonyl (C=S) groups is 1. The van der Waals surface area contributed by atoms with Gasteiger partial charge in [-0.1, -0.05) is 0 Å². The van der Waals surface area contributed by atoms with Crippen LogP contribution in [0.2, 0.25) is 0 Å². The van der Waals surface area contributed by atoms with Crippen LogP contribution in [0.3, 0.4) is 0 Å². The molecule has 1 aliphatic heterocycles. The molecule has 1 aliphatic rings. The summed E-state index contributed by atoms with van der Waals surface area (Å²) in [5.74, 6) is 0.875. The van der Waals surface area contributed by atoms with Crippen molar-refractivity contribution in [3.05, 3.63) is 52.1 Å². The Balaban J connectivity index is 2.11. The third kappa shape index (κ3) is 5.34. The molecule has 0 atom stereocenters. The van der Waals surface area contributed by atoms with Crippen LogP contribution in [0, 0.1) is 0 Å². The summed E-state index contributed by atoms with van der Waals surface area (Å²) in [6.45, 7) is 4.44. The van der Waals surface area contributed by atoms with Gasteiger partial charge in [-0.3, -0.25) is 14.5 Å². The number of methoxy groups -OCH3 is 2. The van der Waals surface area contributed by atoms with Crippen molar-refractivity contribution in [1.82, 2.24) is 4.90 Å². The van der Waals surface area contributed by atoms with Gasteiger partial charge in [0.05, 0.1) is 37.6 Å². The van der Waals surface area contributed by atoms with Gasteiger partial charge in [0.25, 0.3) is 5.91 Å². The molecule has 0 spiro atoms. The van der Waals surface area contributed by atoms with E-state index in [0.717, 1.165) is 0 Å². The van der Waals surface area contributed by atoms with Gasteiger partial charge in [-0.15, -0.1) is 0 Å². The molecule has 1 heterocycles. The Morgan fingerprint density at radius 3 is 2.29 bits per heavy atom. The van der Waals surface area contributed by atoms with Crippen LogP contribution in [0.25, 0.3) is 6.08 Å². The van der Waals surface area contributed by atoms with Crippen LogP contribution in [-0.4, -0.2) is 55.9 Å². The first-order valence-corrected chi connectivity index (χ1v) is 11.7. The van der Waals surface area contributed by atoms with Crippen molar-refractivity contribution in [3.8, 4) is 17.2 Å². The molecule has 0 unspecified atom stereocenters. The fourth-order valence-electron chi connectivity index (χ4n) is 3.34. The van der Waals surface area contributed by atoms with Gasteiger partial charge in [0, 0.05) is 11.6 Å². The zero-order valence-electron chi connectivity index (χ0n) is 19.3. The minimum Gasteiger partial charge on any atom is -0.497 e. The number of amides is 1. The highest BCUT2D eigenvalue weighted by molar-refractivity contribution is 9.10. The van der Waals surface area contributed by atoms with Crippen LogP contribution in [-0.2, 0) is 14.3 Å². The van der Waals surface area contributed by atoms with Gasteiger partial charge in [0.15, 0.2) is 5.11 Å². The lowest BCUT2D eigenvalue weighted by Crippen LogP contribution is -2.35. The average molecular weight is 549 g/mol. The Morgan fingerprint density at radius 2 is 1.71 bits per heavy atom. The molecule has 0 saturated carbocycles. The Bertz CT molecular complexity index is 1120. The quantitative estimate of drug-likeness (QED) is 0.259. The molecule has 0 bridgehead atoms. The standard InChI is InChI=1S/C24H25BrN2O6S/c1-5-32-20-13-21(33-6-2)18(25)11-15(20)12-19-23(29)27(16-7-9-17(30-3)10-8-16)24(34)26(19)14-22(28)31-4/h7-13H,5-6,14H2,1-4H3/b19-12-. The Hall–Kier alpha value is -3.11. The number of anilines is 1. The van der Waals surface area contributed by atoms with E-state index in [9.17, 15) is 9.59 Å². The number of hydrogen-bond acceptors (Lipinski definition) is 7. The zero-order chi connectivity index (χ0) is 24.8. The van der Waals surface area contributed by atoms with E-state index in [4.69, 9.17) is 31.2 Å². The normalized spacial score (nSPS) is 14.6. The molecule has 0 radical (unpaired) electrons. The lowest BCUT2D eigenvalue weighted by Gasteiger charge is -2.19. The Kier molecular flexibility index (Phi) is 8.51. The second-order valence-electron chi connectivity index (χ2n) is 7.00. The van der Waals surface area contributed by atoms with Crippen LogP contribution >= 0.6 is 28.1 Å². The molecule has 1 fully saturated rings. The molecule has 0 N–H and O–H groups in total. The number of esters is 1. The van der Waals surface area contributed by atoms with Crippen LogP contribution in [0.5, 0.6) is 17.2 Å². The lowest BCUT2D eigenvalue weighted by atomic mass is 10.1. The molecular weight excluding hydrogens is 524 g/mol. The van der Waals surface area contributed by atoms with E-state index in [-0.39, 0.29) is 23.3 Å². The molecule has 34 heavy (non-hydrogen) atoms. The van der Waals surface area contributed by atoms with Crippen molar-refractivity contribution in [2.45, 2.75) is 13.8 Å². The van der Waals surface area contributed by atoms with Gasteiger partial charge < -0.3 is 23.8 Å². The first-order chi connectivity index (χ1) is 16.3. The van der Waals surface area contributed by atoms with E-state index < -0.39 is 5.97 Å². The summed E-state index contributed by atoms with van der Waals surface area (Å²) in [6, 6.07) is 10.5. The fourth-order valence-corrected chi connectivity index (χ4v) is 4.17. The van der Waals surface area contributed by atoms with Crippen LogP contribution in [0.1, 0.15) is 19.4 Å². The average Bonchev–Trinajstić information content (AvgIpc) is 3.05. The van der Waals surface area contributed by atoms with Crippen molar-refractivity contribution in [2.24, 2.45) is 0 Å². The van der Waals surface area contributed by atoms with E-state index in [1.165, 1.54) is 16.9 Å². The molecule has 2 aromatic carbocycles. The van der Waals surface area contributed by atoms with Crippen LogP contribution < -0.4 is 19.1 Å². The first-order valence-electron chi connectivity index (χ1n) is 10.5. The summed E-state index contributed by atoms with van der Waals surface area (Å²) in [4.78, 5) is 28.5. The van der Waals surface area contributed by atoms with Gasteiger partial charge in [-0.25, -0.2) is 0 Å². The third-order valence-corrected chi connectivity index (χ3v) is 5.96. The number of nitrogens with zero attached hydrogens (tertiary/aromatic N) is 2. The minimum atomic E-state index is -0.532. The highest BCUT2D eigenvalue weighted by atomic mass is 79.9. The predicted octanol–water partition coefficient (Wildman–Crippen LogP) is 4.40. The highest BCUT2D eigenvalue weighted by Crippen LogP contribution is 2.36. The lowest BCUT2D eigenvalue weighted by molar-refractivity contribution is -0.140. The Morgan fingerprint density at radius 1 is 1.06 bits per heavy atom. The van der Waals surface area contributed by atoms with Gasteiger partial charge in [0.2, 0.25) is 0 Å². The van der Waals surface area contributed by atoms with Crippen molar-refractivity contribution < 1.29 is 28.5 Å². The van der Waals surface area contributed by atoms with Crippen LogP contribution in [0.4, 0.5) is 5.69 Å². The van der Waals surface area contributed by atoms with Crippen molar-refractivity contribution in [3.63, 3.8) is 0 Å². The van der Waals surface area contributed by atoms with E-state index in [1.807, 2.05) is 13.8 Å². The fraction of sp³-hybridized carbons (Fsp3) is 0.292. The summed E-state index contributed by atoms with van der Waals surface area (Å²) in [5, 5.41) is 0.162. The van der Waals surface area contributed by atoms with Gasteiger partial charge >= 0.3 is 5.97 Å². The first kappa shape index (κ1) is 25.5. The number of benzene rings is 2. The molecule has 1 saturated heterocycles. The molecule has 10 heteroatoms. The smallest absolute Gasteiger partial charge is 0.325 e. The molecule has 180 valence electrons. The maximum atomic E-state index is 13.5. The zero-order valence-corrected chi connectivity index (χ0v) is 21.7. The van der Waals surface area contributed by atoms with E-state index in [2.05, 4.69) is 15.9 Å². The maximum absolute atomic E-state index is 13.5. The number of halogens is 1. The number of carbonyl (C=O) groups is 2. The van der Waals surface area contributed by atoms with Gasteiger partial charge in [0.1, 0.15) is 29.5 Å². The molecule has 0 aliphatic carbocycles. The molecule has 8 nitrogen and oxygen atoms in total. The summed E-state index contributed by atoms with van der Waals surface area (Å²) in [5.41, 5.74) is 1.38. The summed E-state index contributed by atoms with van der Waals surface area (Å²) in [6.07, 6.45) is 1.65. The largest absolute Gasteiger partial charge is 0.497 e. The molecular formula is C24H25BrN2O6S. The number of hydrogen-bond donors (Lipinski definition) is 0. The highest BCUT2D eigenvalue weighted by Gasteiger charge is 2.40. The maximum Gasteiger partial charge on any atom is 0.325 e. The summed E-state index contributed by atoms with van der Waals surface area (Å²) >= 11 is 9.11. The van der Waals surface area contributed by atoms with Crippen molar-refractivity contribution in [1.29, 1.82) is 0 Å². The van der Waals surface area contributed by atoms with Crippen molar-refractivity contribution >= 4 is 56.9 Å². The summed E-state index contributed by atoms with van der Waals surface area (Å²) < 4.78 is 22.2. The van der Waals surface area contributed by atoms with Gasteiger partial charge in [-0.05, 0) is 78.4 Å². The van der Waals surface area contributed by atoms with E-state index in [1.54, 1.807) is 49.6 Å². The van der Waals surface area contributed by atoms with Gasteiger partial charge in [-0.2, -0.15) is 0 Å². The van der Waals surface area contributed by atoms with E-state index in [0.29, 0.717) is 46.2 Å². The molecule has 3 rings (SSSR count). The number of carbonyl (C=O) groups excluding carboxylic acids is 2. The predicted molar refractivity (Wildman–Crippen MR) is 136 cm³/mol. The second kappa shape index (κ2) is 11.3. The Labute approximate surface area is 212 Å². The van der Waals surface area contributed by atoms with E-state index >= 15 is 0 Å². The van der Waals surface area contributed by atoms with Crippen molar-refractivity contribution in [2.75, 3.05) is 38.9 Å². The summed E-state index contributed by atoms with van der Waals surface area (Å²) in [7, 11) is 2.84. The molecule has 2 aromatic rings. The second-order valence-corrected chi connectivity index (χ2v) is 8.22. The minimum absolute atomic E-state index is 0.162. The number of rotatable bonds is 9. The third-order valence-electron chi connectivity index (χ3n) is 4.94. The topological polar surface area (TPSA) is 77.5 Å². The molecule has 0 aromatic heterocycles. The monoisotopic (exact) mass is 548 g/mol. The van der Waals surface area contributed by atoms with Crippen LogP contribution in [0.15, 0.2) is 46.6 Å². The number of ether oxygens (including phenoxy) is 4. The SMILES string of the molecule is CCOc1cc(OCC)c(/C=C2/C(=O)N(c3ccc(OC)cc3)C(=S)N2CC(=O)OC)cc1Br.